The van der Waals surface area contributed by atoms with Crippen LogP contribution in [0.25, 0.3) is 22.3 Å². The van der Waals surface area contributed by atoms with Gasteiger partial charge in [0.25, 0.3) is 0 Å². The van der Waals surface area contributed by atoms with Gasteiger partial charge in [-0.05, 0) is 81.9 Å². The number of carbonyl (C=O) groups is 2. The molecule has 0 radical (unpaired) electrons. The van der Waals surface area contributed by atoms with E-state index in [0.29, 0.717) is 44.9 Å². The SMILES string of the molecule is O=C1c2cc(CO)ccc2-c2cc(OBOc3ccc4c(c3)-c3ccc(CO)cc3C4=O)ccc21. The lowest BCUT2D eigenvalue weighted by atomic mass is 10.0. The molecule has 0 spiro atoms. The highest BCUT2D eigenvalue weighted by atomic mass is 16.6. The molecule has 0 bridgehead atoms. The van der Waals surface area contributed by atoms with E-state index in [1.54, 1.807) is 48.5 Å². The maximum atomic E-state index is 12.7. The first-order valence-electron chi connectivity index (χ1n) is 11.2. The Morgan fingerprint density at radius 3 is 1.37 bits per heavy atom. The number of rotatable bonds is 6. The van der Waals surface area contributed by atoms with Crippen LogP contribution in [0.1, 0.15) is 43.0 Å². The Morgan fingerprint density at radius 1 is 0.514 bits per heavy atom. The molecule has 0 unspecified atom stereocenters. The first-order valence-corrected chi connectivity index (χ1v) is 11.2. The lowest BCUT2D eigenvalue weighted by Gasteiger charge is -2.10. The van der Waals surface area contributed by atoms with Gasteiger partial charge in [0.2, 0.25) is 0 Å². The summed E-state index contributed by atoms with van der Waals surface area (Å²) in [6, 6.07) is 21.3. The number of carbonyl (C=O) groups excluding carboxylic acids is 2. The Kier molecular flexibility index (Phi) is 5.02. The summed E-state index contributed by atoms with van der Waals surface area (Å²) in [5.74, 6) is 1.00. The van der Waals surface area contributed by atoms with E-state index in [1.165, 1.54) is 0 Å². The third kappa shape index (κ3) is 3.44. The molecular formula is C28H19BO6. The zero-order chi connectivity index (χ0) is 24.1. The Hall–Kier alpha value is -4.20. The molecule has 170 valence electrons. The Morgan fingerprint density at radius 2 is 0.943 bits per heavy atom. The largest absolute Gasteiger partial charge is 0.576 e. The van der Waals surface area contributed by atoms with Gasteiger partial charge in [-0.3, -0.25) is 9.59 Å². The van der Waals surface area contributed by atoms with Gasteiger partial charge in [-0.2, -0.15) is 0 Å². The number of fused-ring (bicyclic) bond motifs is 6. The number of benzene rings is 4. The second-order valence-electron chi connectivity index (χ2n) is 8.56. The van der Waals surface area contributed by atoms with Crippen LogP contribution >= 0.6 is 0 Å². The van der Waals surface area contributed by atoms with Crippen molar-refractivity contribution in [3.8, 4) is 33.8 Å². The van der Waals surface area contributed by atoms with Crippen LogP contribution in [-0.2, 0) is 13.2 Å². The standard InChI is InChI=1S/C28H19BO6/c30-13-15-1-5-19-23-11-17(3-7-21(23)27(32)25(19)9-15)34-29-35-18-4-8-22-24(12-18)20-6-2-16(14-31)10-26(20)28(22)33/h1-12,29-31H,13-14H2. The molecule has 0 saturated carbocycles. The van der Waals surface area contributed by atoms with E-state index in [2.05, 4.69) is 0 Å². The van der Waals surface area contributed by atoms with E-state index in [9.17, 15) is 19.8 Å². The minimum absolute atomic E-state index is 0.0495. The smallest absolute Gasteiger partial charge is 0.529 e. The number of hydrogen-bond acceptors (Lipinski definition) is 6. The second-order valence-corrected chi connectivity index (χ2v) is 8.56. The van der Waals surface area contributed by atoms with Crippen molar-refractivity contribution in [3.63, 3.8) is 0 Å². The number of aliphatic hydroxyl groups is 2. The van der Waals surface area contributed by atoms with Crippen LogP contribution in [0.3, 0.4) is 0 Å². The highest BCUT2D eigenvalue weighted by molar-refractivity contribution is 6.24. The van der Waals surface area contributed by atoms with E-state index >= 15 is 0 Å². The van der Waals surface area contributed by atoms with Gasteiger partial charge in [-0.25, -0.2) is 0 Å². The summed E-state index contributed by atoms with van der Waals surface area (Å²) in [5, 5.41) is 18.7. The van der Waals surface area contributed by atoms with E-state index in [1.807, 2.05) is 24.3 Å². The van der Waals surface area contributed by atoms with Crippen LogP contribution < -0.4 is 9.31 Å². The molecule has 0 aromatic heterocycles. The summed E-state index contributed by atoms with van der Waals surface area (Å²) < 4.78 is 11.6. The lowest BCUT2D eigenvalue weighted by molar-refractivity contribution is 0.103. The van der Waals surface area contributed by atoms with Crippen LogP contribution in [-0.4, -0.2) is 29.5 Å². The fourth-order valence-corrected chi connectivity index (χ4v) is 4.75. The zero-order valence-electron chi connectivity index (χ0n) is 18.6. The van der Waals surface area contributed by atoms with E-state index in [0.717, 1.165) is 22.3 Å². The molecule has 2 aliphatic carbocycles. The summed E-state index contributed by atoms with van der Waals surface area (Å²) >= 11 is 0. The predicted molar refractivity (Wildman–Crippen MR) is 131 cm³/mol. The van der Waals surface area contributed by atoms with E-state index < -0.39 is 0 Å². The molecule has 7 heteroatoms. The summed E-state index contributed by atoms with van der Waals surface area (Å²) in [6.07, 6.45) is 0. The zero-order valence-corrected chi connectivity index (χ0v) is 18.6. The van der Waals surface area contributed by atoms with Gasteiger partial charge in [0.05, 0.1) is 13.2 Å². The molecule has 4 aromatic rings. The average Bonchev–Trinajstić information content (AvgIpc) is 3.34. The van der Waals surface area contributed by atoms with Gasteiger partial charge < -0.3 is 19.5 Å². The maximum Gasteiger partial charge on any atom is 0.576 e. The minimum Gasteiger partial charge on any atom is -0.529 e. The van der Waals surface area contributed by atoms with Gasteiger partial charge in [-0.15, -0.1) is 0 Å². The van der Waals surface area contributed by atoms with Crippen molar-refractivity contribution in [3.05, 3.63) is 106 Å². The van der Waals surface area contributed by atoms with Crippen LogP contribution in [0.2, 0.25) is 0 Å². The van der Waals surface area contributed by atoms with Crippen molar-refractivity contribution in [1.82, 2.24) is 0 Å². The highest BCUT2D eigenvalue weighted by Gasteiger charge is 2.28. The van der Waals surface area contributed by atoms with Crippen LogP contribution in [0, 0.1) is 0 Å². The first-order chi connectivity index (χ1) is 17.1. The third-order valence-electron chi connectivity index (χ3n) is 6.53. The Balaban J connectivity index is 1.19. The van der Waals surface area contributed by atoms with Crippen molar-refractivity contribution in [2.24, 2.45) is 0 Å². The Bertz CT molecular complexity index is 1430. The van der Waals surface area contributed by atoms with Gasteiger partial charge in [0.15, 0.2) is 11.6 Å². The fraction of sp³-hybridized carbons (Fsp3) is 0.0714. The molecule has 4 aromatic carbocycles. The van der Waals surface area contributed by atoms with Gasteiger partial charge >= 0.3 is 7.69 Å². The van der Waals surface area contributed by atoms with Gasteiger partial charge in [0, 0.05) is 22.3 Å². The molecule has 0 saturated heterocycles. The molecule has 0 atom stereocenters. The van der Waals surface area contributed by atoms with E-state index in [-0.39, 0.29) is 32.5 Å². The van der Waals surface area contributed by atoms with Crippen molar-refractivity contribution in [2.45, 2.75) is 13.2 Å². The van der Waals surface area contributed by atoms with Crippen molar-refractivity contribution in [2.75, 3.05) is 0 Å². The molecule has 2 N–H and O–H groups in total. The van der Waals surface area contributed by atoms with Gasteiger partial charge in [-0.1, -0.05) is 24.3 Å². The molecule has 2 aliphatic rings. The number of aliphatic hydroxyl groups excluding tert-OH is 2. The molecule has 6 rings (SSSR count). The molecule has 6 nitrogen and oxygen atoms in total. The number of ketones is 2. The highest BCUT2D eigenvalue weighted by Crippen LogP contribution is 2.40. The lowest BCUT2D eigenvalue weighted by Crippen LogP contribution is -2.11. The predicted octanol–water partition coefficient (Wildman–Crippen LogP) is 3.82. The topological polar surface area (TPSA) is 93.1 Å². The summed E-state index contributed by atoms with van der Waals surface area (Å²) in [5.41, 5.74) is 7.00. The molecule has 0 heterocycles. The number of hydrogen-bond donors (Lipinski definition) is 2. The maximum absolute atomic E-state index is 12.7. The minimum atomic E-state index is -0.116. The molecule has 0 amide bonds. The summed E-state index contributed by atoms with van der Waals surface area (Å²) in [4.78, 5) is 25.4. The van der Waals surface area contributed by atoms with E-state index in [4.69, 9.17) is 9.31 Å². The van der Waals surface area contributed by atoms with Crippen molar-refractivity contribution >= 4 is 19.3 Å². The Labute approximate surface area is 201 Å². The first kappa shape index (κ1) is 21.3. The van der Waals surface area contributed by atoms with Gasteiger partial charge in [0.1, 0.15) is 11.5 Å². The van der Waals surface area contributed by atoms with Crippen LogP contribution in [0.15, 0.2) is 72.8 Å². The fourth-order valence-electron chi connectivity index (χ4n) is 4.75. The normalized spacial score (nSPS) is 12.6. The second kappa shape index (κ2) is 8.23. The monoisotopic (exact) mass is 462 g/mol. The molecular weight excluding hydrogens is 443 g/mol. The van der Waals surface area contributed by atoms with Crippen molar-refractivity contribution < 1.29 is 29.1 Å². The molecule has 0 aliphatic heterocycles. The van der Waals surface area contributed by atoms with Crippen LogP contribution in [0.4, 0.5) is 0 Å². The molecule has 35 heavy (non-hydrogen) atoms. The average molecular weight is 462 g/mol. The van der Waals surface area contributed by atoms with Crippen molar-refractivity contribution in [1.29, 1.82) is 0 Å². The summed E-state index contributed by atoms with van der Waals surface area (Å²) in [7, 11) is -0.0495. The van der Waals surface area contributed by atoms with Crippen LogP contribution in [0.5, 0.6) is 11.5 Å². The third-order valence-corrected chi connectivity index (χ3v) is 6.53. The molecule has 0 fully saturated rings. The quantitative estimate of drug-likeness (QED) is 0.366. The summed E-state index contributed by atoms with van der Waals surface area (Å²) in [6.45, 7) is -0.233.